The molecule has 0 saturated heterocycles. The molecular weight excluding hydrogens is 314 g/mol. The van der Waals surface area contributed by atoms with Gasteiger partial charge in [-0.2, -0.15) is 0 Å². The van der Waals surface area contributed by atoms with E-state index in [1.54, 1.807) is 19.2 Å². The summed E-state index contributed by atoms with van der Waals surface area (Å²) in [5.74, 6) is 1.29. The van der Waals surface area contributed by atoms with E-state index in [0.29, 0.717) is 11.5 Å². The summed E-state index contributed by atoms with van der Waals surface area (Å²) in [6.45, 7) is 4.08. The number of nitrogens with one attached hydrogen (secondary N) is 1. The van der Waals surface area contributed by atoms with Crippen LogP contribution < -0.4 is 14.2 Å². The van der Waals surface area contributed by atoms with Gasteiger partial charge >= 0.3 is 0 Å². The smallest absolute Gasteiger partial charge is 0.240 e. The minimum absolute atomic E-state index is 0.170. The average molecular weight is 335 g/mol. The van der Waals surface area contributed by atoms with Gasteiger partial charge in [-0.1, -0.05) is 6.07 Å². The van der Waals surface area contributed by atoms with Crippen molar-refractivity contribution in [3.8, 4) is 11.5 Å². The fraction of sp³-hybridized carbons (Fsp3) is 0.294. The average Bonchev–Trinajstić information content (AvgIpc) is 2.53. The van der Waals surface area contributed by atoms with E-state index in [9.17, 15) is 8.42 Å². The summed E-state index contributed by atoms with van der Waals surface area (Å²) < 4.78 is 37.8. The molecule has 0 atom stereocenters. The van der Waals surface area contributed by atoms with Crippen LogP contribution in [0.5, 0.6) is 11.5 Å². The molecule has 2 aromatic rings. The van der Waals surface area contributed by atoms with Crippen LogP contribution in [0.3, 0.4) is 0 Å². The molecule has 0 amide bonds. The number of hydrogen-bond acceptors (Lipinski definition) is 4. The zero-order valence-corrected chi connectivity index (χ0v) is 14.5. The molecule has 23 heavy (non-hydrogen) atoms. The van der Waals surface area contributed by atoms with E-state index in [0.717, 1.165) is 16.7 Å². The first-order valence-corrected chi connectivity index (χ1v) is 8.63. The van der Waals surface area contributed by atoms with Crippen molar-refractivity contribution in [3.05, 3.63) is 53.1 Å². The number of rotatable bonds is 6. The van der Waals surface area contributed by atoms with Crippen LogP contribution in [0.25, 0.3) is 0 Å². The van der Waals surface area contributed by atoms with Crippen LogP contribution in [0.2, 0.25) is 0 Å². The molecule has 124 valence electrons. The molecular formula is C17H21NO4S. The largest absolute Gasteiger partial charge is 0.497 e. The van der Waals surface area contributed by atoms with Gasteiger partial charge in [0.2, 0.25) is 10.0 Å². The summed E-state index contributed by atoms with van der Waals surface area (Å²) in [4.78, 5) is 0.196. The second-order valence-corrected chi connectivity index (χ2v) is 7.03. The standard InChI is InChI=1S/C17H21NO4S/c1-12-9-13(2)16(17(10-12)22-4)11-18-23(19,20)15-7-5-14(21-3)6-8-15/h5-10,18H,11H2,1-4H3. The minimum atomic E-state index is -3.60. The molecule has 2 aromatic carbocycles. The summed E-state index contributed by atoms with van der Waals surface area (Å²) in [6, 6.07) is 10.2. The van der Waals surface area contributed by atoms with Gasteiger partial charge < -0.3 is 9.47 Å². The molecule has 0 radical (unpaired) electrons. The normalized spacial score (nSPS) is 11.3. The summed E-state index contributed by atoms with van der Waals surface area (Å²) in [7, 11) is -0.481. The van der Waals surface area contributed by atoms with Gasteiger partial charge in [-0.05, 0) is 55.3 Å². The molecule has 0 heterocycles. The molecule has 0 aliphatic heterocycles. The fourth-order valence-corrected chi connectivity index (χ4v) is 3.37. The van der Waals surface area contributed by atoms with Crippen molar-refractivity contribution in [2.45, 2.75) is 25.3 Å². The Morgan fingerprint density at radius 3 is 2.22 bits per heavy atom. The lowest BCUT2D eigenvalue weighted by atomic mass is 10.0. The maximum absolute atomic E-state index is 12.4. The minimum Gasteiger partial charge on any atom is -0.497 e. The molecule has 0 aliphatic rings. The van der Waals surface area contributed by atoms with Crippen molar-refractivity contribution >= 4 is 10.0 Å². The second kappa shape index (κ2) is 7.02. The van der Waals surface area contributed by atoms with Crippen LogP contribution in [0, 0.1) is 13.8 Å². The Morgan fingerprint density at radius 1 is 1.00 bits per heavy atom. The molecule has 0 fully saturated rings. The highest BCUT2D eigenvalue weighted by molar-refractivity contribution is 7.89. The summed E-state index contributed by atoms with van der Waals surface area (Å²) >= 11 is 0. The van der Waals surface area contributed by atoms with Crippen LogP contribution in [0.1, 0.15) is 16.7 Å². The fourth-order valence-electron chi connectivity index (χ4n) is 2.37. The van der Waals surface area contributed by atoms with Gasteiger partial charge in [-0.25, -0.2) is 13.1 Å². The van der Waals surface area contributed by atoms with E-state index in [4.69, 9.17) is 9.47 Å². The number of benzene rings is 2. The topological polar surface area (TPSA) is 64.6 Å². The van der Waals surface area contributed by atoms with Crippen molar-refractivity contribution < 1.29 is 17.9 Å². The van der Waals surface area contributed by atoms with Crippen molar-refractivity contribution in [3.63, 3.8) is 0 Å². The van der Waals surface area contributed by atoms with Gasteiger partial charge in [0.25, 0.3) is 0 Å². The zero-order chi connectivity index (χ0) is 17.0. The van der Waals surface area contributed by atoms with Gasteiger partial charge in [0.15, 0.2) is 0 Å². The molecule has 0 spiro atoms. The van der Waals surface area contributed by atoms with Crippen LogP contribution in [-0.2, 0) is 16.6 Å². The molecule has 1 N–H and O–H groups in total. The molecule has 0 aromatic heterocycles. The van der Waals surface area contributed by atoms with Crippen molar-refractivity contribution in [1.82, 2.24) is 4.72 Å². The van der Waals surface area contributed by atoms with Gasteiger partial charge in [0, 0.05) is 12.1 Å². The monoisotopic (exact) mass is 335 g/mol. The Morgan fingerprint density at radius 2 is 1.65 bits per heavy atom. The number of ether oxygens (including phenoxy) is 2. The highest BCUT2D eigenvalue weighted by atomic mass is 32.2. The van der Waals surface area contributed by atoms with E-state index in [2.05, 4.69) is 4.72 Å². The molecule has 5 nitrogen and oxygen atoms in total. The first kappa shape index (κ1) is 17.3. The third-order valence-corrected chi connectivity index (χ3v) is 5.02. The zero-order valence-electron chi connectivity index (χ0n) is 13.7. The van der Waals surface area contributed by atoms with E-state index < -0.39 is 10.0 Å². The van der Waals surface area contributed by atoms with Gasteiger partial charge in [0.1, 0.15) is 11.5 Å². The van der Waals surface area contributed by atoms with E-state index in [-0.39, 0.29) is 11.4 Å². The SMILES string of the molecule is COc1ccc(S(=O)(=O)NCc2c(C)cc(C)cc2OC)cc1. The molecule has 0 aliphatic carbocycles. The van der Waals surface area contributed by atoms with E-state index >= 15 is 0 Å². The van der Waals surface area contributed by atoms with Crippen LogP contribution in [0.15, 0.2) is 41.3 Å². The van der Waals surface area contributed by atoms with Crippen molar-refractivity contribution in [1.29, 1.82) is 0 Å². The predicted molar refractivity (Wildman–Crippen MR) is 89.5 cm³/mol. The lowest BCUT2D eigenvalue weighted by molar-refractivity contribution is 0.408. The second-order valence-electron chi connectivity index (χ2n) is 5.26. The maximum atomic E-state index is 12.4. The Balaban J connectivity index is 2.22. The Kier molecular flexibility index (Phi) is 5.28. The van der Waals surface area contributed by atoms with Gasteiger partial charge in [-0.3, -0.25) is 0 Å². The molecule has 2 rings (SSSR count). The summed E-state index contributed by atoms with van der Waals surface area (Å²) in [6.07, 6.45) is 0. The van der Waals surface area contributed by atoms with Crippen molar-refractivity contribution in [2.24, 2.45) is 0 Å². The molecule has 0 saturated carbocycles. The Labute approximate surface area is 137 Å². The van der Waals surface area contributed by atoms with Crippen LogP contribution in [0.4, 0.5) is 0 Å². The quantitative estimate of drug-likeness (QED) is 0.882. The van der Waals surface area contributed by atoms with Gasteiger partial charge in [0.05, 0.1) is 19.1 Å². The molecule has 0 unspecified atom stereocenters. The number of sulfonamides is 1. The highest BCUT2D eigenvalue weighted by Crippen LogP contribution is 2.24. The predicted octanol–water partition coefficient (Wildman–Crippen LogP) is 2.80. The maximum Gasteiger partial charge on any atom is 0.240 e. The summed E-state index contributed by atoms with van der Waals surface area (Å²) in [5.41, 5.74) is 2.88. The van der Waals surface area contributed by atoms with E-state index in [1.165, 1.54) is 19.2 Å². The van der Waals surface area contributed by atoms with Crippen LogP contribution >= 0.6 is 0 Å². The lowest BCUT2D eigenvalue weighted by Gasteiger charge is -2.14. The number of methoxy groups -OCH3 is 2. The van der Waals surface area contributed by atoms with E-state index in [1.807, 2.05) is 26.0 Å². The van der Waals surface area contributed by atoms with Crippen molar-refractivity contribution in [2.75, 3.05) is 14.2 Å². The highest BCUT2D eigenvalue weighted by Gasteiger charge is 2.16. The Hall–Kier alpha value is -2.05. The number of hydrogen-bond donors (Lipinski definition) is 1. The third kappa shape index (κ3) is 4.03. The third-order valence-electron chi connectivity index (χ3n) is 3.60. The molecule has 0 bridgehead atoms. The Bertz CT molecular complexity index is 783. The van der Waals surface area contributed by atoms with Crippen LogP contribution in [-0.4, -0.2) is 22.6 Å². The first-order chi connectivity index (χ1) is 10.9. The molecule has 6 heteroatoms. The number of aryl methyl sites for hydroxylation is 2. The summed E-state index contributed by atoms with van der Waals surface area (Å²) in [5, 5.41) is 0. The lowest BCUT2D eigenvalue weighted by Crippen LogP contribution is -2.24. The first-order valence-electron chi connectivity index (χ1n) is 7.15. The van der Waals surface area contributed by atoms with Gasteiger partial charge in [-0.15, -0.1) is 0 Å².